The highest BCUT2D eigenvalue weighted by atomic mass is 15.3. The zero-order chi connectivity index (χ0) is 31.4. The van der Waals surface area contributed by atoms with Crippen LogP contribution in [0.3, 0.4) is 0 Å². The van der Waals surface area contributed by atoms with Gasteiger partial charge in [-0.3, -0.25) is 9.80 Å². The highest BCUT2D eigenvalue weighted by Gasteiger charge is 2.23. The van der Waals surface area contributed by atoms with Gasteiger partial charge in [0.25, 0.3) is 0 Å². The summed E-state index contributed by atoms with van der Waals surface area (Å²) >= 11 is 0. The molecule has 0 saturated heterocycles. The van der Waals surface area contributed by atoms with Crippen molar-refractivity contribution in [3.8, 4) is 0 Å². The van der Waals surface area contributed by atoms with Crippen molar-refractivity contribution in [1.82, 2.24) is 24.9 Å². The first kappa shape index (κ1) is 30.8. The predicted molar refractivity (Wildman–Crippen MR) is 181 cm³/mol. The average Bonchev–Trinajstić information content (AvgIpc) is 3.02. The van der Waals surface area contributed by atoms with Gasteiger partial charge in [-0.05, 0) is 107 Å². The van der Waals surface area contributed by atoms with Gasteiger partial charge in [0.05, 0.1) is 0 Å². The molecule has 0 amide bonds. The Morgan fingerprint density at radius 2 is 0.659 bits per heavy atom. The van der Waals surface area contributed by atoms with Gasteiger partial charge in [0.2, 0.25) is 0 Å². The van der Waals surface area contributed by atoms with Crippen molar-refractivity contribution in [2.45, 2.75) is 79.1 Å². The van der Waals surface area contributed by atoms with Gasteiger partial charge < -0.3 is 0 Å². The van der Waals surface area contributed by atoms with Crippen LogP contribution in [0.4, 0.5) is 34.9 Å². The lowest BCUT2D eigenvalue weighted by Gasteiger charge is -2.27. The molecule has 7 heteroatoms. The average molecular weight is 586 g/mol. The first-order valence-corrected chi connectivity index (χ1v) is 15.5. The minimum atomic E-state index is 0.349. The van der Waals surface area contributed by atoms with Gasteiger partial charge in [-0.1, -0.05) is 61.5 Å². The Kier molecular flexibility index (Phi) is 9.33. The Morgan fingerprint density at radius 1 is 0.386 bits per heavy atom. The smallest absolute Gasteiger partial charge is 0.142 e. The molecule has 0 saturated carbocycles. The van der Waals surface area contributed by atoms with Gasteiger partial charge >= 0.3 is 0 Å². The van der Waals surface area contributed by atoms with Crippen LogP contribution in [0.1, 0.15) is 101 Å². The lowest BCUT2D eigenvalue weighted by Crippen LogP contribution is -2.19. The van der Waals surface area contributed by atoms with Crippen molar-refractivity contribution in [2.75, 3.05) is 9.80 Å². The van der Waals surface area contributed by atoms with Crippen molar-refractivity contribution < 1.29 is 0 Å². The van der Waals surface area contributed by atoms with Crippen LogP contribution in [0.15, 0.2) is 91.5 Å². The molecule has 0 radical (unpaired) electrons. The number of aromatic nitrogens is 5. The van der Waals surface area contributed by atoms with Gasteiger partial charge in [0.15, 0.2) is 0 Å². The third kappa shape index (κ3) is 6.77. The molecular formula is C37H43N7. The molecule has 0 N–H and O–H groups in total. The summed E-state index contributed by atoms with van der Waals surface area (Å²) in [5.74, 6) is 5.86. The summed E-state index contributed by atoms with van der Waals surface area (Å²) in [5, 5.41) is 0. The molecule has 5 heterocycles. The largest absolute Gasteiger partial charge is 0.262 e. The highest BCUT2D eigenvalue weighted by Crippen LogP contribution is 2.38. The fourth-order valence-electron chi connectivity index (χ4n) is 5.03. The molecule has 0 bridgehead atoms. The molecule has 44 heavy (non-hydrogen) atoms. The van der Waals surface area contributed by atoms with Gasteiger partial charge in [-0.2, -0.15) is 0 Å². The Labute approximate surface area is 262 Å². The standard InChI is InChI=1S/C37H43N7/c1-24(2)28-12-16-38-34(20-28)43(35-21-29(25(3)4)13-17-39-35)32-10-9-11-33(42-32)44(36-22-30(26(5)6)14-18-40-36)37-23-31(27(7)8)15-19-41-37/h9-27H,1-8H3. The van der Waals surface area contributed by atoms with Crippen LogP contribution in [-0.2, 0) is 0 Å². The Hall–Kier alpha value is -4.65. The zero-order valence-corrected chi connectivity index (χ0v) is 27.1. The van der Waals surface area contributed by atoms with Crippen LogP contribution < -0.4 is 9.80 Å². The molecule has 0 atom stereocenters. The number of nitrogens with zero attached hydrogens (tertiary/aromatic N) is 7. The second kappa shape index (κ2) is 13.3. The second-order valence-electron chi connectivity index (χ2n) is 12.4. The molecule has 5 rings (SSSR count). The van der Waals surface area contributed by atoms with Crippen LogP contribution in [0.25, 0.3) is 0 Å². The maximum atomic E-state index is 5.27. The number of anilines is 6. The van der Waals surface area contributed by atoms with E-state index in [0.29, 0.717) is 35.3 Å². The lowest BCUT2D eigenvalue weighted by atomic mass is 10.0. The first-order chi connectivity index (χ1) is 21.1. The van der Waals surface area contributed by atoms with Crippen molar-refractivity contribution in [1.29, 1.82) is 0 Å². The SMILES string of the molecule is CC(C)c1ccnc(N(c2cc(C(C)C)ccn2)c2cccc(N(c3cc(C(C)C)ccn3)c3cc(C(C)C)ccn3)n2)c1. The maximum absolute atomic E-state index is 5.27. The van der Waals surface area contributed by atoms with E-state index >= 15 is 0 Å². The van der Waals surface area contributed by atoms with Crippen molar-refractivity contribution in [2.24, 2.45) is 0 Å². The summed E-state index contributed by atoms with van der Waals surface area (Å²) in [4.78, 5) is 28.6. The van der Waals surface area contributed by atoms with Crippen LogP contribution in [0.2, 0.25) is 0 Å². The number of hydrogen-bond donors (Lipinski definition) is 0. The molecular weight excluding hydrogens is 542 g/mol. The molecule has 0 aliphatic rings. The van der Waals surface area contributed by atoms with Gasteiger partial charge in [0, 0.05) is 24.8 Å². The molecule has 226 valence electrons. The molecule has 0 unspecified atom stereocenters. The minimum absolute atomic E-state index is 0.349. The number of pyridine rings is 5. The van der Waals surface area contributed by atoms with E-state index in [-0.39, 0.29) is 0 Å². The molecule has 7 nitrogen and oxygen atoms in total. The Balaban J connectivity index is 1.71. The topological polar surface area (TPSA) is 70.9 Å². The van der Waals surface area contributed by atoms with E-state index in [1.165, 1.54) is 22.3 Å². The molecule has 0 aliphatic heterocycles. The third-order valence-corrected chi connectivity index (χ3v) is 7.84. The Morgan fingerprint density at radius 3 is 0.909 bits per heavy atom. The van der Waals surface area contributed by atoms with Crippen LogP contribution in [0, 0.1) is 0 Å². The van der Waals surface area contributed by atoms with Gasteiger partial charge in [-0.25, -0.2) is 24.9 Å². The number of hydrogen-bond acceptors (Lipinski definition) is 7. The first-order valence-electron chi connectivity index (χ1n) is 15.5. The second-order valence-corrected chi connectivity index (χ2v) is 12.4. The maximum Gasteiger partial charge on any atom is 0.142 e. The third-order valence-electron chi connectivity index (χ3n) is 7.84. The summed E-state index contributed by atoms with van der Waals surface area (Å²) in [6.07, 6.45) is 7.46. The van der Waals surface area contributed by atoms with Gasteiger partial charge in [-0.15, -0.1) is 0 Å². The van der Waals surface area contributed by atoms with E-state index in [0.717, 1.165) is 23.3 Å². The normalized spacial score (nSPS) is 11.5. The zero-order valence-electron chi connectivity index (χ0n) is 27.1. The van der Waals surface area contributed by atoms with Crippen molar-refractivity contribution >= 4 is 34.9 Å². The van der Waals surface area contributed by atoms with Crippen molar-refractivity contribution in [3.63, 3.8) is 0 Å². The molecule has 5 aromatic heterocycles. The van der Waals surface area contributed by atoms with E-state index < -0.39 is 0 Å². The van der Waals surface area contributed by atoms with Crippen LogP contribution >= 0.6 is 0 Å². The van der Waals surface area contributed by atoms with Crippen molar-refractivity contribution in [3.05, 3.63) is 114 Å². The minimum Gasteiger partial charge on any atom is -0.262 e. The quantitative estimate of drug-likeness (QED) is 0.161. The van der Waals surface area contributed by atoms with E-state index in [4.69, 9.17) is 24.9 Å². The number of rotatable bonds is 10. The van der Waals surface area contributed by atoms with E-state index in [9.17, 15) is 0 Å². The van der Waals surface area contributed by atoms with E-state index in [1.807, 2.05) is 52.8 Å². The van der Waals surface area contributed by atoms with Crippen LogP contribution in [-0.4, -0.2) is 24.9 Å². The molecule has 0 aromatic carbocycles. The monoisotopic (exact) mass is 585 g/mol. The predicted octanol–water partition coefficient (Wildman–Crippen LogP) is 10.1. The summed E-state index contributed by atoms with van der Waals surface area (Å²) in [6.45, 7) is 17.5. The molecule has 0 spiro atoms. The molecule has 5 aromatic rings. The molecule has 0 fully saturated rings. The Bertz CT molecular complexity index is 1480. The highest BCUT2D eigenvalue weighted by molar-refractivity contribution is 5.75. The van der Waals surface area contributed by atoms with Gasteiger partial charge in [0.1, 0.15) is 34.9 Å². The summed E-state index contributed by atoms with van der Waals surface area (Å²) in [5.41, 5.74) is 4.79. The summed E-state index contributed by atoms with van der Waals surface area (Å²) < 4.78 is 0. The molecule has 0 aliphatic carbocycles. The fourth-order valence-corrected chi connectivity index (χ4v) is 5.03. The van der Waals surface area contributed by atoms with E-state index in [1.54, 1.807) is 0 Å². The fraction of sp³-hybridized carbons (Fsp3) is 0.324. The lowest BCUT2D eigenvalue weighted by molar-refractivity contribution is 0.856. The van der Waals surface area contributed by atoms with E-state index in [2.05, 4.69) is 104 Å². The summed E-state index contributed by atoms with van der Waals surface area (Å²) in [7, 11) is 0. The van der Waals surface area contributed by atoms with Crippen LogP contribution in [0.5, 0.6) is 0 Å². The summed E-state index contributed by atoms with van der Waals surface area (Å²) in [6, 6.07) is 22.8.